The summed E-state index contributed by atoms with van der Waals surface area (Å²) in [6, 6.07) is 0.631. The molecule has 2 saturated heterocycles. The third-order valence-electron chi connectivity index (χ3n) is 4.01. The minimum atomic E-state index is 0.631. The molecule has 1 atom stereocenters. The van der Waals surface area contributed by atoms with Gasteiger partial charge in [0.25, 0.3) is 0 Å². The lowest BCUT2D eigenvalue weighted by atomic mass is 9.99. The van der Waals surface area contributed by atoms with Gasteiger partial charge < -0.3 is 4.74 Å². The number of nitrogens with zero attached hydrogens (tertiary/aromatic N) is 1. The maximum Gasteiger partial charge on any atom is 0.0469 e. The second-order valence-electron chi connectivity index (χ2n) is 5.21. The predicted octanol–water partition coefficient (Wildman–Crippen LogP) is 2.90. The van der Waals surface area contributed by atoms with Gasteiger partial charge in [0.1, 0.15) is 0 Å². The zero-order chi connectivity index (χ0) is 11.2. The van der Waals surface area contributed by atoms with Crippen LogP contribution in [-0.2, 0) is 4.74 Å². The highest BCUT2D eigenvalue weighted by Crippen LogP contribution is 2.22. The van der Waals surface area contributed by atoms with Crippen molar-refractivity contribution in [2.75, 3.05) is 32.2 Å². The molecular weight excluding hydrogens is 222 g/mol. The molecule has 0 spiro atoms. The number of hydrogen-bond donors (Lipinski definition) is 0. The summed E-state index contributed by atoms with van der Waals surface area (Å²) < 4.78 is 5.42. The van der Waals surface area contributed by atoms with Gasteiger partial charge in [-0.2, -0.15) is 0 Å². The standard InChI is InChI=1S/C13H24ClNO/c14-10-13-4-2-1-3-7-15(13)11-12-5-8-16-9-6-12/h12-13H,1-11H2. The Morgan fingerprint density at radius 1 is 1.06 bits per heavy atom. The van der Waals surface area contributed by atoms with E-state index in [1.165, 1.54) is 51.6 Å². The molecule has 3 heteroatoms. The Morgan fingerprint density at radius 3 is 2.62 bits per heavy atom. The number of rotatable bonds is 3. The fourth-order valence-corrected chi connectivity index (χ4v) is 3.26. The van der Waals surface area contributed by atoms with Crippen LogP contribution in [0.4, 0.5) is 0 Å². The summed E-state index contributed by atoms with van der Waals surface area (Å²) in [5.41, 5.74) is 0. The average molecular weight is 246 g/mol. The van der Waals surface area contributed by atoms with E-state index in [-0.39, 0.29) is 0 Å². The fourth-order valence-electron chi connectivity index (χ4n) is 2.91. The van der Waals surface area contributed by atoms with Crippen molar-refractivity contribution in [3.05, 3.63) is 0 Å². The lowest BCUT2D eigenvalue weighted by Crippen LogP contribution is -2.40. The lowest BCUT2D eigenvalue weighted by molar-refractivity contribution is 0.0473. The van der Waals surface area contributed by atoms with Crippen molar-refractivity contribution in [1.82, 2.24) is 4.90 Å². The molecule has 0 amide bonds. The van der Waals surface area contributed by atoms with E-state index in [9.17, 15) is 0 Å². The van der Waals surface area contributed by atoms with Gasteiger partial charge in [-0.15, -0.1) is 11.6 Å². The van der Waals surface area contributed by atoms with Gasteiger partial charge in [-0.25, -0.2) is 0 Å². The average Bonchev–Trinajstić information content (AvgIpc) is 2.55. The zero-order valence-electron chi connectivity index (χ0n) is 10.2. The molecule has 0 saturated carbocycles. The van der Waals surface area contributed by atoms with Gasteiger partial charge in [0, 0.05) is 31.7 Å². The van der Waals surface area contributed by atoms with Crippen LogP contribution in [0.3, 0.4) is 0 Å². The van der Waals surface area contributed by atoms with Crippen molar-refractivity contribution in [2.45, 2.75) is 44.6 Å². The van der Waals surface area contributed by atoms with Crippen molar-refractivity contribution in [3.63, 3.8) is 0 Å². The Labute approximate surface area is 104 Å². The van der Waals surface area contributed by atoms with Crippen LogP contribution in [0.1, 0.15) is 38.5 Å². The molecular formula is C13H24ClNO. The van der Waals surface area contributed by atoms with Crippen LogP contribution >= 0.6 is 11.6 Å². The van der Waals surface area contributed by atoms with E-state index in [0.29, 0.717) is 6.04 Å². The molecule has 2 nitrogen and oxygen atoms in total. The van der Waals surface area contributed by atoms with Crippen LogP contribution in [-0.4, -0.2) is 43.1 Å². The summed E-state index contributed by atoms with van der Waals surface area (Å²) in [7, 11) is 0. The number of alkyl halides is 1. The number of ether oxygens (including phenoxy) is 1. The Bertz CT molecular complexity index is 194. The van der Waals surface area contributed by atoms with Gasteiger partial charge in [-0.1, -0.05) is 12.8 Å². The van der Waals surface area contributed by atoms with Crippen LogP contribution in [0.5, 0.6) is 0 Å². The first-order chi connectivity index (χ1) is 7.90. The minimum absolute atomic E-state index is 0.631. The molecule has 2 aliphatic rings. The van der Waals surface area contributed by atoms with Crippen LogP contribution in [0, 0.1) is 5.92 Å². The van der Waals surface area contributed by atoms with E-state index >= 15 is 0 Å². The monoisotopic (exact) mass is 245 g/mol. The topological polar surface area (TPSA) is 12.5 Å². The molecule has 0 aromatic heterocycles. The lowest BCUT2D eigenvalue weighted by Gasteiger charge is -2.33. The van der Waals surface area contributed by atoms with E-state index in [4.69, 9.17) is 16.3 Å². The molecule has 0 bridgehead atoms. The highest BCUT2D eigenvalue weighted by Gasteiger charge is 2.24. The Hall–Kier alpha value is 0.210. The number of halogens is 1. The molecule has 0 radical (unpaired) electrons. The second kappa shape index (κ2) is 6.83. The minimum Gasteiger partial charge on any atom is -0.381 e. The van der Waals surface area contributed by atoms with Gasteiger partial charge in [-0.05, 0) is 38.1 Å². The van der Waals surface area contributed by atoms with E-state index in [0.717, 1.165) is 25.0 Å². The molecule has 16 heavy (non-hydrogen) atoms. The first-order valence-electron chi connectivity index (χ1n) is 6.78. The molecule has 94 valence electrons. The first kappa shape index (κ1) is 12.7. The molecule has 2 fully saturated rings. The maximum absolute atomic E-state index is 6.10. The summed E-state index contributed by atoms with van der Waals surface area (Å²) >= 11 is 6.10. The molecule has 2 heterocycles. The second-order valence-corrected chi connectivity index (χ2v) is 5.52. The van der Waals surface area contributed by atoms with Crippen LogP contribution in [0.15, 0.2) is 0 Å². The van der Waals surface area contributed by atoms with E-state index in [2.05, 4.69) is 4.90 Å². The molecule has 0 aromatic carbocycles. The van der Waals surface area contributed by atoms with Crippen molar-refractivity contribution in [1.29, 1.82) is 0 Å². The fraction of sp³-hybridized carbons (Fsp3) is 1.00. The largest absolute Gasteiger partial charge is 0.381 e. The first-order valence-corrected chi connectivity index (χ1v) is 7.31. The molecule has 2 aliphatic heterocycles. The maximum atomic E-state index is 6.10. The number of likely N-dealkylation sites (tertiary alicyclic amines) is 1. The summed E-state index contributed by atoms with van der Waals surface area (Å²) in [4.78, 5) is 2.65. The predicted molar refractivity (Wildman–Crippen MR) is 68.1 cm³/mol. The molecule has 0 aliphatic carbocycles. The van der Waals surface area contributed by atoms with Crippen LogP contribution < -0.4 is 0 Å². The van der Waals surface area contributed by atoms with Crippen molar-refractivity contribution in [3.8, 4) is 0 Å². The summed E-state index contributed by atoms with van der Waals surface area (Å²) in [6.45, 7) is 4.43. The van der Waals surface area contributed by atoms with E-state index in [1.807, 2.05) is 0 Å². The smallest absolute Gasteiger partial charge is 0.0469 e. The summed E-state index contributed by atoms with van der Waals surface area (Å²) in [5.74, 6) is 1.65. The van der Waals surface area contributed by atoms with Gasteiger partial charge in [-0.3, -0.25) is 4.90 Å². The third-order valence-corrected chi connectivity index (χ3v) is 4.37. The molecule has 0 aromatic rings. The van der Waals surface area contributed by atoms with Crippen molar-refractivity contribution in [2.24, 2.45) is 5.92 Å². The van der Waals surface area contributed by atoms with Crippen molar-refractivity contribution >= 4 is 11.6 Å². The van der Waals surface area contributed by atoms with E-state index < -0.39 is 0 Å². The third kappa shape index (κ3) is 3.61. The highest BCUT2D eigenvalue weighted by molar-refractivity contribution is 6.18. The summed E-state index contributed by atoms with van der Waals surface area (Å²) in [5, 5.41) is 0. The van der Waals surface area contributed by atoms with Gasteiger partial charge in [0.2, 0.25) is 0 Å². The SMILES string of the molecule is ClCC1CCCCCN1CC1CCOCC1. The zero-order valence-corrected chi connectivity index (χ0v) is 10.9. The molecule has 0 N–H and O–H groups in total. The van der Waals surface area contributed by atoms with Gasteiger partial charge in [0.15, 0.2) is 0 Å². The normalized spacial score (nSPS) is 30.2. The van der Waals surface area contributed by atoms with Crippen LogP contribution in [0.25, 0.3) is 0 Å². The highest BCUT2D eigenvalue weighted by atomic mass is 35.5. The Kier molecular flexibility index (Phi) is 5.40. The van der Waals surface area contributed by atoms with E-state index in [1.54, 1.807) is 0 Å². The van der Waals surface area contributed by atoms with Crippen molar-refractivity contribution < 1.29 is 4.74 Å². The van der Waals surface area contributed by atoms with Crippen LogP contribution in [0.2, 0.25) is 0 Å². The Balaban J connectivity index is 1.83. The summed E-state index contributed by atoms with van der Waals surface area (Å²) in [6.07, 6.45) is 7.89. The van der Waals surface area contributed by atoms with Gasteiger partial charge >= 0.3 is 0 Å². The quantitative estimate of drug-likeness (QED) is 0.709. The van der Waals surface area contributed by atoms with Gasteiger partial charge in [0.05, 0.1) is 0 Å². The Morgan fingerprint density at radius 2 is 1.88 bits per heavy atom. The molecule has 1 unspecified atom stereocenters. The molecule has 2 rings (SSSR count). The number of hydrogen-bond acceptors (Lipinski definition) is 2.